The molecular formula is C13H18O3. The summed E-state index contributed by atoms with van der Waals surface area (Å²) >= 11 is 0. The maximum Gasteiger partial charge on any atom is 0.310 e. The number of aliphatic hydroxyl groups excluding tert-OH is 1. The van der Waals surface area contributed by atoms with Crippen LogP contribution in [-0.2, 0) is 10.2 Å². The third kappa shape index (κ3) is 2.42. The highest BCUT2D eigenvalue weighted by Gasteiger charge is 2.26. The summed E-state index contributed by atoms with van der Waals surface area (Å²) < 4.78 is 0. The van der Waals surface area contributed by atoms with Crippen LogP contribution in [0.15, 0.2) is 24.3 Å². The zero-order valence-corrected chi connectivity index (χ0v) is 9.90. The molecule has 2 N–H and O–H groups in total. The Morgan fingerprint density at radius 3 is 2.44 bits per heavy atom. The molecule has 1 rings (SSSR count). The van der Waals surface area contributed by atoms with Gasteiger partial charge in [0.15, 0.2) is 0 Å². The van der Waals surface area contributed by atoms with Gasteiger partial charge in [0.2, 0.25) is 0 Å². The van der Waals surface area contributed by atoms with E-state index < -0.39 is 17.3 Å². The van der Waals surface area contributed by atoms with Gasteiger partial charge in [-0.3, -0.25) is 4.79 Å². The zero-order chi connectivity index (χ0) is 12.3. The first-order chi connectivity index (χ1) is 7.40. The summed E-state index contributed by atoms with van der Waals surface area (Å²) in [4.78, 5) is 11.0. The quantitative estimate of drug-likeness (QED) is 0.820. The van der Waals surface area contributed by atoms with E-state index in [1.807, 2.05) is 38.1 Å². The second kappa shape index (κ2) is 4.66. The molecule has 0 aliphatic carbocycles. The largest absolute Gasteiger partial charge is 0.481 e. The Morgan fingerprint density at radius 1 is 1.38 bits per heavy atom. The Bertz CT molecular complexity index is 383. The van der Waals surface area contributed by atoms with E-state index in [0.29, 0.717) is 0 Å². The van der Waals surface area contributed by atoms with Crippen LogP contribution in [0, 0.1) is 0 Å². The maximum absolute atomic E-state index is 11.0. The van der Waals surface area contributed by atoms with Crippen LogP contribution in [0.25, 0.3) is 0 Å². The van der Waals surface area contributed by atoms with Gasteiger partial charge in [0, 0.05) is 5.41 Å². The van der Waals surface area contributed by atoms with Crippen molar-refractivity contribution in [1.29, 1.82) is 0 Å². The smallest absolute Gasteiger partial charge is 0.310 e. The second-order valence-electron chi connectivity index (χ2n) is 4.69. The number of benzene rings is 1. The van der Waals surface area contributed by atoms with Crippen molar-refractivity contribution in [3.63, 3.8) is 0 Å². The minimum absolute atomic E-state index is 0.00362. The lowest BCUT2D eigenvalue weighted by Crippen LogP contribution is -2.25. The Balaban J connectivity index is 3.25. The number of aliphatic carboxylic acids is 1. The predicted octanol–water partition coefficient (Wildman–Crippen LogP) is 2.14. The van der Waals surface area contributed by atoms with Gasteiger partial charge in [-0.1, -0.05) is 38.1 Å². The molecule has 0 aliphatic heterocycles. The van der Waals surface area contributed by atoms with Crippen LogP contribution in [0.3, 0.4) is 0 Å². The van der Waals surface area contributed by atoms with Crippen LogP contribution >= 0.6 is 0 Å². The van der Waals surface area contributed by atoms with Crippen molar-refractivity contribution < 1.29 is 15.0 Å². The van der Waals surface area contributed by atoms with E-state index in [9.17, 15) is 9.90 Å². The van der Waals surface area contributed by atoms with Crippen molar-refractivity contribution in [3.05, 3.63) is 35.4 Å². The number of hydrogen-bond acceptors (Lipinski definition) is 2. The van der Waals surface area contributed by atoms with Gasteiger partial charge in [-0.2, -0.15) is 0 Å². The highest BCUT2D eigenvalue weighted by Crippen LogP contribution is 2.30. The number of hydrogen-bond donors (Lipinski definition) is 2. The topological polar surface area (TPSA) is 57.5 Å². The van der Waals surface area contributed by atoms with Gasteiger partial charge in [0.25, 0.3) is 0 Å². The van der Waals surface area contributed by atoms with Gasteiger partial charge in [-0.05, 0) is 18.1 Å². The molecule has 0 saturated heterocycles. The minimum Gasteiger partial charge on any atom is -0.481 e. The summed E-state index contributed by atoms with van der Waals surface area (Å²) in [5.41, 5.74) is 1.25. The fourth-order valence-electron chi connectivity index (χ4n) is 1.71. The fraction of sp³-hybridized carbons (Fsp3) is 0.462. The number of carboxylic acid groups (broad SMARTS) is 1. The van der Waals surface area contributed by atoms with E-state index in [2.05, 4.69) is 0 Å². The summed E-state index contributed by atoms with van der Waals surface area (Å²) in [7, 11) is 0. The third-order valence-corrected chi connectivity index (χ3v) is 2.92. The molecule has 0 aromatic heterocycles. The Morgan fingerprint density at radius 2 is 1.94 bits per heavy atom. The Kier molecular flexibility index (Phi) is 3.70. The zero-order valence-electron chi connectivity index (χ0n) is 9.90. The molecule has 0 saturated carbocycles. The van der Waals surface area contributed by atoms with Crippen LogP contribution in [0.1, 0.15) is 37.8 Å². The molecule has 1 aromatic carbocycles. The summed E-state index contributed by atoms with van der Waals surface area (Å²) in [6.45, 7) is 5.46. The second-order valence-corrected chi connectivity index (χ2v) is 4.69. The van der Waals surface area contributed by atoms with E-state index in [1.165, 1.54) is 0 Å². The number of carbonyl (C=O) groups is 1. The molecular weight excluding hydrogens is 204 g/mol. The first-order valence-electron chi connectivity index (χ1n) is 5.33. The SMILES string of the molecule is CC(C(=O)O)c1ccccc1C(C)(C)CO. The van der Waals surface area contributed by atoms with Crippen LogP contribution in [-0.4, -0.2) is 22.8 Å². The summed E-state index contributed by atoms with van der Waals surface area (Å²) in [5.74, 6) is -1.40. The molecule has 0 bridgehead atoms. The van der Waals surface area contributed by atoms with Gasteiger partial charge in [0.05, 0.1) is 12.5 Å². The van der Waals surface area contributed by atoms with Gasteiger partial charge in [-0.25, -0.2) is 0 Å². The van der Waals surface area contributed by atoms with Crippen LogP contribution in [0.4, 0.5) is 0 Å². The molecule has 88 valence electrons. The third-order valence-electron chi connectivity index (χ3n) is 2.92. The molecule has 3 nitrogen and oxygen atoms in total. The molecule has 0 heterocycles. The van der Waals surface area contributed by atoms with E-state index in [0.717, 1.165) is 11.1 Å². The summed E-state index contributed by atoms with van der Waals surface area (Å²) in [6.07, 6.45) is 0. The first-order valence-corrected chi connectivity index (χ1v) is 5.33. The summed E-state index contributed by atoms with van der Waals surface area (Å²) in [6, 6.07) is 7.38. The van der Waals surface area contributed by atoms with E-state index in [4.69, 9.17) is 5.11 Å². The Labute approximate surface area is 95.7 Å². The lowest BCUT2D eigenvalue weighted by molar-refractivity contribution is -0.138. The molecule has 0 radical (unpaired) electrons. The molecule has 0 fully saturated rings. The van der Waals surface area contributed by atoms with Crippen molar-refractivity contribution in [2.45, 2.75) is 32.1 Å². The van der Waals surface area contributed by atoms with Crippen LogP contribution in [0.2, 0.25) is 0 Å². The Hall–Kier alpha value is -1.35. The lowest BCUT2D eigenvalue weighted by atomic mass is 9.79. The van der Waals surface area contributed by atoms with Crippen molar-refractivity contribution in [1.82, 2.24) is 0 Å². The number of rotatable bonds is 4. The average Bonchev–Trinajstić information content (AvgIpc) is 2.28. The monoisotopic (exact) mass is 222 g/mol. The number of aliphatic hydroxyl groups is 1. The maximum atomic E-state index is 11.0. The average molecular weight is 222 g/mol. The highest BCUT2D eigenvalue weighted by molar-refractivity contribution is 5.76. The van der Waals surface area contributed by atoms with Crippen molar-refractivity contribution in [2.24, 2.45) is 0 Å². The number of carboxylic acids is 1. The molecule has 1 unspecified atom stereocenters. The summed E-state index contributed by atoms with van der Waals surface area (Å²) in [5, 5.41) is 18.4. The first kappa shape index (κ1) is 12.7. The normalized spacial score (nSPS) is 13.5. The molecule has 1 atom stereocenters. The molecule has 3 heteroatoms. The standard InChI is InChI=1S/C13H18O3/c1-9(12(15)16)10-6-4-5-7-11(10)13(2,3)8-14/h4-7,9,14H,8H2,1-3H3,(H,15,16). The van der Waals surface area contributed by atoms with Gasteiger partial charge < -0.3 is 10.2 Å². The van der Waals surface area contributed by atoms with E-state index >= 15 is 0 Å². The molecule has 0 spiro atoms. The van der Waals surface area contributed by atoms with Crippen molar-refractivity contribution >= 4 is 5.97 Å². The van der Waals surface area contributed by atoms with E-state index in [1.54, 1.807) is 6.92 Å². The van der Waals surface area contributed by atoms with Crippen molar-refractivity contribution in [3.8, 4) is 0 Å². The van der Waals surface area contributed by atoms with Gasteiger partial charge >= 0.3 is 5.97 Å². The molecule has 0 aliphatic rings. The van der Waals surface area contributed by atoms with Crippen LogP contribution in [0.5, 0.6) is 0 Å². The van der Waals surface area contributed by atoms with Gasteiger partial charge in [0.1, 0.15) is 0 Å². The minimum atomic E-state index is -0.846. The highest BCUT2D eigenvalue weighted by atomic mass is 16.4. The molecule has 16 heavy (non-hydrogen) atoms. The molecule has 0 amide bonds. The van der Waals surface area contributed by atoms with E-state index in [-0.39, 0.29) is 6.61 Å². The fourth-order valence-corrected chi connectivity index (χ4v) is 1.71. The molecule has 1 aromatic rings. The predicted molar refractivity (Wildman–Crippen MR) is 62.6 cm³/mol. The van der Waals surface area contributed by atoms with Gasteiger partial charge in [-0.15, -0.1) is 0 Å². The lowest BCUT2D eigenvalue weighted by Gasteiger charge is -2.26. The van der Waals surface area contributed by atoms with Crippen molar-refractivity contribution in [2.75, 3.05) is 6.61 Å². The van der Waals surface area contributed by atoms with Crippen LogP contribution < -0.4 is 0 Å².